The molecule has 0 aliphatic rings. The van der Waals surface area contributed by atoms with Crippen molar-refractivity contribution in [2.24, 2.45) is 0 Å². The van der Waals surface area contributed by atoms with Gasteiger partial charge < -0.3 is 31.9 Å². The van der Waals surface area contributed by atoms with Crippen LogP contribution in [0.1, 0.15) is 124 Å². The number of aryl methyl sites for hydroxylation is 4. The van der Waals surface area contributed by atoms with Gasteiger partial charge in [-0.15, -0.1) is 0 Å². The van der Waals surface area contributed by atoms with Crippen LogP contribution in [0.2, 0.25) is 0 Å². The number of pyridine rings is 5. The Bertz CT molecular complexity index is 3410. The molecule has 28 heteroatoms. The first-order valence-electron chi connectivity index (χ1n) is 24.4. The Morgan fingerprint density at radius 1 is 0.425 bits per heavy atom. The van der Waals surface area contributed by atoms with E-state index in [-0.39, 0.29) is 51.4 Å². The zero-order chi connectivity index (χ0) is 63.1. The van der Waals surface area contributed by atoms with Crippen molar-refractivity contribution in [1.29, 1.82) is 0 Å². The van der Waals surface area contributed by atoms with Gasteiger partial charge in [0.25, 0.3) is 35.4 Å². The monoisotopic (exact) mass is 1230 g/mol. The highest BCUT2D eigenvalue weighted by molar-refractivity contribution is 6.06. The Hall–Kier alpha value is -10.0. The quantitative estimate of drug-likeness (QED) is 0.0847. The summed E-state index contributed by atoms with van der Waals surface area (Å²) in [5.74, 6) is -2.75. The van der Waals surface area contributed by atoms with E-state index in [2.05, 4.69) is 66.8 Å². The smallest absolute Gasteiger partial charge is 0.355 e. The number of aromatic nitrogens is 7. The van der Waals surface area contributed by atoms with E-state index in [9.17, 15) is 68.3 Å². The number of hydrogen-bond acceptors (Lipinski definition) is 13. The molecule has 0 bridgehead atoms. The largest absolute Gasteiger partial charge is 0.434 e. The molecule has 2 aromatic carbocycles. The minimum Gasteiger partial charge on any atom is -0.355 e. The number of nitrogens with zero attached hydrogens (tertiary/aromatic N) is 7. The van der Waals surface area contributed by atoms with Crippen LogP contribution in [0.3, 0.4) is 0 Å². The van der Waals surface area contributed by atoms with Crippen molar-refractivity contribution >= 4 is 57.1 Å². The molecule has 0 atom stereocenters. The highest BCUT2D eigenvalue weighted by Crippen LogP contribution is 2.34. The van der Waals surface area contributed by atoms with Crippen molar-refractivity contribution < 1.29 is 68.3 Å². The zero-order valence-electron chi connectivity index (χ0n) is 46.5. The second-order valence-corrected chi connectivity index (χ2v) is 16.8. The second-order valence-electron chi connectivity index (χ2n) is 16.8. The number of benzene rings is 2. The third-order valence-corrected chi connectivity index (χ3v) is 11.2. The number of halogens is 9. The van der Waals surface area contributed by atoms with E-state index >= 15 is 0 Å². The van der Waals surface area contributed by atoms with Crippen molar-refractivity contribution in [3.63, 3.8) is 0 Å². The third kappa shape index (κ3) is 21.8. The highest BCUT2D eigenvalue weighted by Gasteiger charge is 2.38. The number of alkyl halides is 9. The number of hydrogen-bond donors (Lipinski definition) is 6. The van der Waals surface area contributed by atoms with E-state index in [0.717, 1.165) is 70.0 Å². The molecule has 468 valence electrons. The first kappa shape index (κ1) is 77.0. The van der Waals surface area contributed by atoms with Gasteiger partial charge in [-0.25, -0.2) is 9.97 Å². The number of para-hydroxylation sites is 1. The van der Waals surface area contributed by atoms with Crippen LogP contribution in [-0.4, -0.2) is 113 Å². The second kappa shape index (κ2) is 35.3. The molecule has 87 heavy (non-hydrogen) atoms. The zero-order valence-corrected chi connectivity index (χ0v) is 46.5. The molecule has 8 rings (SSSR count). The van der Waals surface area contributed by atoms with Gasteiger partial charge in [-0.2, -0.15) is 39.5 Å². The Kier molecular flexibility index (Phi) is 31.2. The molecular formula is C59H68F9N13O6. The molecule has 0 saturated heterocycles. The summed E-state index contributed by atoms with van der Waals surface area (Å²) in [4.78, 5) is 93.6. The number of fused-ring (bicyclic) bond motifs is 2. The molecule has 0 aliphatic carbocycles. The third-order valence-electron chi connectivity index (χ3n) is 11.2. The van der Waals surface area contributed by atoms with Gasteiger partial charge in [-0.05, 0) is 75.0 Å². The number of carbonyl (C=O) groups is 6. The molecule has 0 aliphatic heterocycles. The summed E-state index contributed by atoms with van der Waals surface area (Å²) in [6, 6.07) is 22.4. The van der Waals surface area contributed by atoms with E-state index in [1.165, 1.54) is 35.0 Å². The van der Waals surface area contributed by atoms with Gasteiger partial charge in [0.2, 0.25) is 0 Å². The van der Waals surface area contributed by atoms with E-state index in [4.69, 9.17) is 0 Å². The summed E-state index contributed by atoms with van der Waals surface area (Å²) in [6.45, 7) is 6.57. The highest BCUT2D eigenvalue weighted by atomic mass is 19.4. The Morgan fingerprint density at radius 2 is 0.920 bits per heavy atom. The molecular weight excluding hydrogens is 1160 g/mol. The predicted octanol–water partition coefficient (Wildman–Crippen LogP) is 10.5. The van der Waals surface area contributed by atoms with E-state index in [1.807, 2.05) is 74.5 Å². The SMILES string of the molecule is C.C.C.CNC(=O)c1c(C(F)(F)F)cc(C)nc1C.CNC(=O)c1c(C)ccnc1C.CNC(=O)c1ccnc2ccccc12.CNC(=O)c1cnccc1C(F)(F)F.CNC(=O)c1cncnc1C(F)(F)F.CNC(=O)c1nccc2ccccc12. The van der Waals surface area contributed by atoms with Crippen LogP contribution >= 0.6 is 0 Å². The fourth-order valence-electron chi connectivity index (χ4n) is 7.29. The maximum absolute atomic E-state index is 12.7. The molecule has 0 fully saturated rings. The van der Waals surface area contributed by atoms with Gasteiger partial charge in [-0.3, -0.25) is 53.7 Å². The van der Waals surface area contributed by atoms with E-state index in [1.54, 1.807) is 45.8 Å². The molecule has 8 aromatic rings. The van der Waals surface area contributed by atoms with Crippen LogP contribution in [0.25, 0.3) is 21.7 Å². The molecule has 6 amide bonds. The van der Waals surface area contributed by atoms with Gasteiger partial charge in [0, 0.05) is 95.9 Å². The molecule has 0 unspecified atom stereocenters. The summed E-state index contributed by atoms with van der Waals surface area (Å²) in [6.07, 6.45) is -5.28. The van der Waals surface area contributed by atoms with Gasteiger partial charge in [0.1, 0.15) is 12.0 Å². The topological polar surface area (TPSA) is 265 Å². The molecule has 0 saturated carbocycles. The number of amides is 6. The van der Waals surface area contributed by atoms with Gasteiger partial charge in [0.05, 0.1) is 55.8 Å². The minimum atomic E-state index is -4.65. The molecule has 19 nitrogen and oxygen atoms in total. The molecule has 0 spiro atoms. The fraction of sp³-hybridized carbons (Fsp3) is 0.271. The maximum Gasteiger partial charge on any atom is 0.434 e. The Balaban J connectivity index is 0.00000101. The van der Waals surface area contributed by atoms with Crippen molar-refractivity contribution in [2.75, 3.05) is 42.3 Å². The predicted molar refractivity (Wildman–Crippen MR) is 313 cm³/mol. The Morgan fingerprint density at radius 3 is 1.47 bits per heavy atom. The molecule has 6 N–H and O–H groups in total. The lowest BCUT2D eigenvalue weighted by Crippen LogP contribution is -2.24. The number of carbonyl (C=O) groups excluding carboxylic acids is 6. The summed E-state index contributed by atoms with van der Waals surface area (Å²) >= 11 is 0. The van der Waals surface area contributed by atoms with Crippen molar-refractivity contribution in [2.45, 2.75) is 68.5 Å². The number of nitrogens with one attached hydrogen (secondary N) is 6. The molecule has 6 heterocycles. The first-order chi connectivity index (χ1) is 39.5. The summed E-state index contributed by atoms with van der Waals surface area (Å²) < 4.78 is 112. The van der Waals surface area contributed by atoms with Crippen LogP contribution in [-0.2, 0) is 18.5 Å². The van der Waals surface area contributed by atoms with E-state index in [0.29, 0.717) is 16.8 Å². The summed E-state index contributed by atoms with van der Waals surface area (Å²) in [5.41, 5.74) is 0.0822. The molecule has 6 aromatic heterocycles. The lowest BCUT2D eigenvalue weighted by Gasteiger charge is -2.14. The van der Waals surface area contributed by atoms with Crippen molar-refractivity contribution in [1.82, 2.24) is 66.8 Å². The number of rotatable bonds is 6. The standard InChI is InChI=1S/2C11H10N2O.C10H11F3N2O.C9H12N2O.C8H7F3N2O.C7H6F3N3O.3CH4/c1-12-11(14)9-6-7-13-10-5-3-2-4-8(9)10;1-12-11(14)10-9-5-3-2-4-8(9)6-7-13-10;1-5-4-7(10(11,12)13)8(6(2)15-5)9(16)14-3;1-6-4-5-11-7(2)8(6)9(12)10-3;1-12-7(14)5-4-13-3-2-6(5)8(9,10)11;1-11-6(14)4-2-12-3-13-5(4)7(8,9)10;;;/h2*2-7H,1H3,(H,12,14);4H,1-3H3,(H,14,16);4-5H,1-3H3,(H,10,12);2-4H,1H3,(H,12,14);2-3H,1H3,(H,11,14);3*1H4. The Labute approximate surface area is 496 Å². The average molecular weight is 1230 g/mol. The first-order valence-corrected chi connectivity index (χ1v) is 24.4. The molecule has 0 radical (unpaired) electrons. The summed E-state index contributed by atoms with van der Waals surface area (Å²) in [7, 11) is 8.62. The normalized spacial score (nSPS) is 10.2. The van der Waals surface area contributed by atoms with Crippen LogP contribution < -0.4 is 31.9 Å². The van der Waals surface area contributed by atoms with Crippen LogP contribution in [0, 0.1) is 27.7 Å². The van der Waals surface area contributed by atoms with Crippen molar-refractivity contribution in [3.8, 4) is 0 Å². The van der Waals surface area contributed by atoms with Gasteiger partial charge in [-0.1, -0.05) is 64.7 Å². The van der Waals surface area contributed by atoms with Crippen LogP contribution in [0.15, 0.2) is 122 Å². The lowest BCUT2D eigenvalue weighted by atomic mass is 10.0. The average Bonchev–Trinajstić information content (AvgIpc) is 3.63. The maximum atomic E-state index is 12.7. The van der Waals surface area contributed by atoms with Crippen molar-refractivity contribution in [3.05, 3.63) is 195 Å². The van der Waals surface area contributed by atoms with Gasteiger partial charge >= 0.3 is 18.5 Å². The van der Waals surface area contributed by atoms with E-state index < -0.39 is 69.8 Å². The fourth-order valence-corrected chi connectivity index (χ4v) is 7.29. The lowest BCUT2D eigenvalue weighted by molar-refractivity contribution is -0.141. The summed E-state index contributed by atoms with van der Waals surface area (Å²) in [5, 5.41) is 16.9. The van der Waals surface area contributed by atoms with Crippen LogP contribution in [0.4, 0.5) is 39.5 Å². The van der Waals surface area contributed by atoms with Gasteiger partial charge in [0.15, 0.2) is 5.69 Å². The minimum absolute atomic E-state index is 0. The van der Waals surface area contributed by atoms with Crippen LogP contribution in [0.5, 0.6) is 0 Å².